The Morgan fingerprint density at radius 1 is 0.929 bits per heavy atom. The van der Waals surface area contributed by atoms with Crippen LogP contribution in [-0.2, 0) is 10.0 Å². The van der Waals surface area contributed by atoms with Gasteiger partial charge in [-0.15, -0.1) is 0 Å². The molecule has 3 rings (SSSR count). The van der Waals surface area contributed by atoms with Crippen LogP contribution in [0.1, 0.15) is 19.8 Å². The molecule has 0 amide bonds. The fourth-order valence-electron chi connectivity index (χ4n) is 2.28. The lowest BCUT2D eigenvalue weighted by molar-refractivity contribution is 0.309. The minimum atomic E-state index is -3.75. The van der Waals surface area contributed by atoms with Crippen molar-refractivity contribution in [3.8, 4) is 17.5 Å². The van der Waals surface area contributed by atoms with Gasteiger partial charge in [-0.2, -0.15) is 0 Å². The molecule has 1 N–H and O–H groups in total. The number of rotatable bonds is 9. The summed E-state index contributed by atoms with van der Waals surface area (Å²) in [6.45, 7) is 2.68. The molecule has 0 unspecified atom stereocenters. The molecule has 0 bridgehead atoms. The van der Waals surface area contributed by atoms with Crippen molar-refractivity contribution in [2.75, 3.05) is 11.3 Å². The largest absolute Gasteiger partial charge is 0.494 e. The molecule has 0 aliphatic rings. The Morgan fingerprint density at radius 2 is 1.61 bits per heavy atom. The van der Waals surface area contributed by atoms with Crippen LogP contribution in [0.25, 0.3) is 0 Å². The van der Waals surface area contributed by atoms with Crippen molar-refractivity contribution in [3.63, 3.8) is 0 Å². The number of anilines is 1. The molecule has 8 heteroatoms. The molecule has 0 radical (unpaired) electrons. The van der Waals surface area contributed by atoms with E-state index >= 15 is 0 Å². The normalized spacial score (nSPS) is 11.0. The van der Waals surface area contributed by atoms with E-state index in [-0.39, 0.29) is 16.6 Å². The van der Waals surface area contributed by atoms with Crippen molar-refractivity contribution in [2.24, 2.45) is 0 Å². The zero-order chi connectivity index (χ0) is 19.8. The van der Waals surface area contributed by atoms with Crippen LogP contribution in [0.4, 0.5) is 5.69 Å². The van der Waals surface area contributed by atoms with E-state index < -0.39 is 10.0 Å². The van der Waals surface area contributed by atoms with Crippen LogP contribution in [0.3, 0.4) is 0 Å². The Kier molecular flexibility index (Phi) is 6.44. The van der Waals surface area contributed by atoms with Crippen molar-refractivity contribution in [2.45, 2.75) is 24.7 Å². The Morgan fingerprint density at radius 3 is 2.25 bits per heavy atom. The van der Waals surface area contributed by atoms with Crippen LogP contribution in [-0.4, -0.2) is 25.0 Å². The maximum atomic E-state index is 12.5. The average Bonchev–Trinajstić information content (AvgIpc) is 2.71. The number of nitrogens with zero attached hydrogens (tertiary/aromatic N) is 2. The second-order valence-electron chi connectivity index (χ2n) is 5.95. The highest BCUT2D eigenvalue weighted by Crippen LogP contribution is 2.21. The number of ether oxygens (including phenoxy) is 2. The van der Waals surface area contributed by atoms with Gasteiger partial charge in [0.05, 0.1) is 29.6 Å². The molecule has 0 spiro atoms. The van der Waals surface area contributed by atoms with Gasteiger partial charge in [0.1, 0.15) is 11.5 Å². The molecule has 0 aliphatic carbocycles. The molecule has 7 nitrogen and oxygen atoms in total. The standard InChI is InChI=1S/C20H21N3O4S/c1-2-3-13-26-17-9-11-19(12-10-17)28(24,25)23-16-14-21-20(22-15-16)27-18-7-5-4-6-8-18/h4-12,14-15,23H,2-3,13H2,1H3. The highest BCUT2D eigenvalue weighted by Gasteiger charge is 2.15. The van der Waals surface area contributed by atoms with Crippen LogP contribution in [0.2, 0.25) is 0 Å². The maximum Gasteiger partial charge on any atom is 0.322 e. The van der Waals surface area contributed by atoms with Gasteiger partial charge in [-0.3, -0.25) is 4.72 Å². The first-order valence-electron chi connectivity index (χ1n) is 8.87. The summed E-state index contributed by atoms with van der Waals surface area (Å²) < 4.78 is 38.5. The van der Waals surface area contributed by atoms with E-state index in [1.807, 2.05) is 18.2 Å². The van der Waals surface area contributed by atoms with Gasteiger partial charge in [-0.05, 0) is 42.8 Å². The van der Waals surface area contributed by atoms with Gasteiger partial charge < -0.3 is 9.47 Å². The van der Waals surface area contributed by atoms with E-state index in [2.05, 4.69) is 21.6 Å². The van der Waals surface area contributed by atoms with Crippen LogP contribution in [0, 0.1) is 0 Å². The van der Waals surface area contributed by atoms with Crippen LogP contribution in [0.5, 0.6) is 17.5 Å². The second kappa shape index (κ2) is 9.18. The molecule has 1 aromatic heterocycles. The molecule has 28 heavy (non-hydrogen) atoms. The number of para-hydroxylation sites is 1. The number of unbranched alkanes of at least 4 members (excludes halogenated alkanes) is 1. The summed E-state index contributed by atoms with van der Waals surface area (Å²) in [6, 6.07) is 15.5. The van der Waals surface area contributed by atoms with Crippen molar-refractivity contribution in [1.82, 2.24) is 9.97 Å². The van der Waals surface area contributed by atoms with Gasteiger partial charge in [0.25, 0.3) is 10.0 Å². The van der Waals surface area contributed by atoms with Crippen LogP contribution in [0.15, 0.2) is 71.9 Å². The summed E-state index contributed by atoms with van der Waals surface area (Å²) >= 11 is 0. The molecular weight excluding hydrogens is 378 g/mol. The summed E-state index contributed by atoms with van der Waals surface area (Å²) in [5.41, 5.74) is 0.240. The molecular formula is C20H21N3O4S. The third-order valence-electron chi connectivity index (χ3n) is 3.73. The minimum Gasteiger partial charge on any atom is -0.494 e. The number of sulfonamides is 1. The summed E-state index contributed by atoms with van der Waals surface area (Å²) in [4.78, 5) is 8.18. The number of hydrogen-bond acceptors (Lipinski definition) is 6. The molecule has 1 heterocycles. The van der Waals surface area contributed by atoms with Crippen molar-refractivity contribution >= 4 is 15.7 Å². The quantitative estimate of drug-likeness (QED) is 0.541. The topological polar surface area (TPSA) is 90.4 Å². The lowest BCUT2D eigenvalue weighted by Gasteiger charge is -2.09. The zero-order valence-electron chi connectivity index (χ0n) is 15.4. The van der Waals surface area contributed by atoms with Crippen molar-refractivity contribution in [3.05, 3.63) is 67.0 Å². The summed E-state index contributed by atoms with van der Waals surface area (Å²) in [5.74, 6) is 1.23. The fraction of sp³-hybridized carbons (Fsp3) is 0.200. The van der Waals surface area contributed by atoms with Gasteiger partial charge in [-0.25, -0.2) is 18.4 Å². The monoisotopic (exact) mass is 399 g/mol. The predicted octanol–water partition coefficient (Wildman–Crippen LogP) is 4.25. The highest BCUT2D eigenvalue weighted by atomic mass is 32.2. The summed E-state index contributed by atoms with van der Waals surface area (Å²) in [5, 5.41) is 0. The first-order chi connectivity index (χ1) is 13.6. The third kappa shape index (κ3) is 5.43. The summed E-state index contributed by atoms with van der Waals surface area (Å²) in [7, 11) is -3.75. The molecule has 0 saturated carbocycles. The Hall–Kier alpha value is -3.13. The van der Waals surface area contributed by atoms with E-state index in [0.717, 1.165) is 12.8 Å². The average molecular weight is 399 g/mol. The lowest BCUT2D eigenvalue weighted by atomic mass is 10.3. The Bertz CT molecular complexity index is 976. The van der Waals surface area contributed by atoms with E-state index in [0.29, 0.717) is 18.1 Å². The first kappa shape index (κ1) is 19.6. The maximum absolute atomic E-state index is 12.5. The second-order valence-corrected chi connectivity index (χ2v) is 7.63. The Labute approximate surface area is 164 Å². The molecule has 3 aromatic rings. The fourth-order valence-corrected chi connectivity index (χ4v) is 3.31. The van der Waals surface area contributed by atoms with E-state index in [9.17, 15) is 8.42 Å². The van der Waals surface area contributed by atoms with Crippen molar-refractivity contribution < 1.29 is 17.9 Å². The van der Waals surface area contributed by atoms with E-state index in [1.54, 1.807) is 24.3 Å². The van der Waals surface area contributed by atoms with Gasteiger partial charge in [0, 0.05) is 0 Å². The first-order valence-corrected chi connectivity index (χ1v) is 10.4. The number of benzene rings is 2. The van der Waals surface area contributed by atoms with E-state index in [4.69, 9.17) is 9.47 Å². The van der Waals surface area contributed by atoms with Gasteiger partial charge in [-0.1, -0.05) is 31.5 Å². The summed E-state index contributed by atoms with van der Waals surface area (Å²) in [6.07, 6.45) is 4.69. The number of hydrogen-bond donors (Lipinski definition) is 1. The smallest absolute Gasteiger partial charge is 0.322 e. The molecule has 2 aromatic carbocycles. The van der Waals surface area contributed by atoms with Crippen molar-refractivity contribution in [1.29, 1.82) is 0 Å². The van der Waals surface area contributed by atoms with E-state index in [1.165, 1.54) is 24.5 Å². The SMILES string of the molecule is CCCCOc1ccc(S(=O)(=O)Nc2cnc(Oc3ccccc3)nc2)cc1. The van der Waals surface area contributed by atoms with Gasteiger partial charge in [0.2, 0.25) is 0 Å². The van der Waals surface area contributed by atoms with Gasteiger partial charge >= 0.3 is 6.01 Å². The minimum absolute atomic E-state index is 0.125. The van der Waals surface area contributed by atoms with Crippen LogP contribution >= 0.6 is 0 Å². The van der Waals surface area contributed by atoms with Crippen LogP contribution < -0.4 is 14.2 Å². The molecule has 0 saturated heterocycles. The Balaban J connectivity index is 1.63. The molecule has 146 valence electrons. The molecule has 0 atom stereocenters. The molecule has 0 aliphatic heterocycles. The highest BCUT2D eigenvalue weighted by molar-refractivity contribution is 7.92. The predicted molar refractivity (Wildman–Crippen MR) is 106 cm³/mol. The number of aromatic nitrogens is 2. The lowest BCUT2D eigenvalue weighted by Crippen LogP contribution is -2.13. The molecule has 0 fully saturated rings. The number of nitrogens with one attached hydrogen (secondary N) is 1. The third-order valence-corrected chi connectivity index (χ3v) is 5.13. The zero-order valence-corrected chi connectivity index (χ0v) is 16.2. The van der Waals surface area contributed by atoms with Gasteiger partial charge in [0.15, 0.2) is 0 Å².